The summed E-state index contributed by atoms with van der Waals surface area (Å²) < 4.78 is 10.8. The molecule has 6 nitrogen and oxygen atoms in total. The van der Waals surface area contributed by atoms with Crippen molar-refractivity contribution in [2.45, 2.75) is 17.8 Å². The molecule has 2 N–H and O–H groups in total. The Kier molecular flexibility index (Phi) is 8.16. The predicted octanol–water partition coefficient (Wildman–Crippen LogP) is 2.39. The summed E-state index contributed by atoms with van der Waals surface area (Å²) in [5, 5.41) is 12.4. The van der Waals surface area contributed by atoms with Crippen LogP contribution in [0.4, 0.5) is 0 Å². The highest BCUT2D eigenvalue weighted by Crippen LogP contribution is 2.22. The van der Waals surface area contributed by atoms with Crippen LogP contribution in [-0.2, 0) is 16.0 Å². The maximum Gasteiger partial charge on any atom is 0.233 e. The number of thioether (sulfide) groups is 1. The zero-order chi connectivity index (χ0) is 19.6. The monoisotopic (exact) mass is 389 g/mol. The molecule has 2 atom stereocenters. The molecule has 27 heavy (non-hydrogen) atoms. The fourth-order valence-electron chi connectivity index (χ4n) is 2.49. The number of methoxy groups -OCH3 is 1. The van der Waals surface area contributed by atoms with Crippen molar-refractivity contribution in [1.82, 2.24) is 5.32 Å². The van der Waals surface area contributed by atoms with Crippen LogP contribution < -0.4 is 14.8 Å². The van der Waals surface area contributed by atoms with E-state index in [4.69, 9.17) is 9.47 Å². The second-order valence-electron chi connectivity index (χ2n) is 5.79. The molecule has 0 aliphatic carbocycles. The van der Waals surface area contributed by atoms with Crippen LogP contribution in [0.15, 0.2) is 48.5 Å². The van der Waals surface area contributed by atoms with E-state index in [0.717, 1.165) is 17.3 Å². The standard InChI is InChI=1S/C20H23NO5S/c1-21-20(24)19(27-13-22)10-14-6-8-16(9-7-14)26-12-18(23)15-4-3-5-17(11-15)25-2/h3-9,11,13,18-19,23H,10,12H2,1-2H3,(H,21,24). The molecule has 2 aromatic carbocycles. The summed E-state index contributed by atoms with van der Waals surface area (Å²) in [4.78, 5) is 22.5. The summed E-state index contributed by atoms with van der Waals surface area (Å²) in [6.45, 7) is 0.106. The quantitative estimate of drug-likeness (QED) is 0.607. The van der Waals surface area contributed by atoms with Gasteiger partial charge >= 0.3 is 0 Å². The summed E-state index contributed by atoms with van der Waals surface area (Å²) in [6, 6.07) is 14.4. The van der Waals surface area contributed by atoms with E-state index in [-0.39, 0.29) is 12.5 Å². The number of rotatable bonds is 10. The first kappa shape index (κ1) is 20.8. The number of carbonyl (C=O) groups excluding carboxylic acids is 2. The van der Waals surface area contributed by atoms with Crippen molar-refractivity contribution in [3.63, 3.8) is 0 Å². The van der Waals surface area contributed by atoms with Gasteiger partial charge in [-0.1, -0.05) is 36.0 Å². The van der Waals surface area contributed by atoms with Crippen LogP contribution in [0.3, 0.4) is 0 Å². The lowest BCUT2D eigenvalue weighted by molar-refractivity contribution is -0.120. The van der Waals surface area contributed by atoms with Crippen LogP contribution >= 0.6 is 11.8 Å². The molecular weight excluding hydrogens is 366 g/mol. The molecule has 0 heterocycles. The second-order valence-corrected chi connectivity index (χ2v) is 6.82. The minimum Gasteiger partial charge on any atom is -0.497 e. The minimum absolute atomic E-state index is 0.106. The number of amides is 1. The molecule has 0 aliphatic heterocycles. The third kappa shape index (κ3) is 6.30. The van der Waals surface area contributed by atoms with E-state index < -0.39 is 11.4 Å². The maximum atomic E-state index is 11.8. The average Bonchev–Trinajstić information content (AvgIpc) is 2.72. The van der Waals surface area contributed by atoms with E-state index in [0.29, 0.717) is 29.1 Å². The number of carbonyl (C=O) groups is 2. The topological polar surface area (TPSA) is 84.9 Å². The van der Waals surface area contributed by atoms with Gasteiger partial charge in [0.15, 0.2) is 5.62 Å². The summed E-state index contributed by atoms with van der Waals surface area (Å²) in [7, 11) is 3.12. The Balaban J connectivity index is 1.92. The Morgan fingerprint density at radius 1 is 1.22 bits per heavy atom. The van der Waals surface area contributed by atoms with Gasteiger partial charge in [-0.3, -0.25) is 9.59 Å². The number of hydrogen-bond acceptors (Lipinski definition) is 6. The molecule has 144 valence electrons. The van der Waals surface area contributed by atoms with E-state index in [9.17, 15) is 14.7 Å². The van der Waals surface area contributed by atoms with E-state index in [1.54, 1.807) is 32.4 Å². The Labute approximate surface area is 162 Å². The molecular formula is C20H23NO5S. The SMILES string of the molecule is CNC(=O)C(Cc1ccc(OCC(O)c2cccc(OC)c2)cc1)SC=O. The molecule has 0 radical (unpaired) electrons. The molecule has 0 aliphatic rings. The van der Waals surface area contributed by atoms with Crippen LogP contribution in [0.2, 0.25) is 0 Å². The highest BCUT2D eigenvalue weighted by Gasteiger charge is 2.18. The van der Waals surface area contributed by atoms with Crippen LogP contribution in [0.1, 0.15) is 17.2 Å². The number of ether oxygens (including phenoxy) is 2. The van der Waals surface area contributed by atoms with Gasteiger partial charge in [-0.25, -0.2) is 0 Å². The fraction of sp³-hybridized carbons (Fsp3) is 0.300. The molecule has 2 rings (SSSR count). The average molecular weight is 389 g/mol. The Hall–Kier alpha value is -2.51. The summed E-state index contributed by atoms with van der Waals surface area (Å²) in [6.07, 6.45) is -0.336. The largest absolute Gasteiger partial charge is 0.497 e. The van der Waals surface area contributed by atoms with Gasteiger partial charge in [0.2, 0.25) is 5.91 Å². The van der Waals surface area contributed by atoms with Crippen LogP contribution in [0.5, 0.6) is 11.5 Å². The summed E-state index contributed by atoms with van der Waals surface area (Å²) >= 11 is 0.956. The number of benzene rings is 2. The molecule has 0 fully saturated rings. The van der Waals surface area contributed by atoms with Crippen molar-refractivity contribution in [3.8, 4) is 11.5 Å². The normalized spacial score (nSPS) is 12.7. The van der Waals surface area contributed by atoms with Crippen molar-refractivity contribution in [3.05, 3.63) is 59.7 Å². The van der Waals surface area contributed by atoms with Crippen molar-refractivity contribution in [2.24, 2.45) is 0 Å². The van der Waals surface area contributed by atoms with Crippen molar-refractivity contribution < 1.29 is 24.2 Å². The van der Waals surface area contributed by atoms with Gasteiger partial charge in [0.25, 0.3) is 0 Å². The molecule has 2 aromatic rings. The predicted molar refractivity (Wildman–Crippen MR) is 106 cm³/mol. The van der Waals surface area contributed by atoms with Gasteiger partial charge in [0, 0.05) is 7.05 Å². The molecule has 7 heteroatoms. The van der Waals surface area contributed by atoms with Crippen molar-refractivity contribution in [2.75, 3.05) is 20.8 Å². The lowest BCUT2D eigenvalue weighted by atomic mass is 10.1. The molecule has 0 spiro atoms. The smallest absolute Gasteiger partial charge is 0.233 e. The second kappa shape index (κ2) is 10.6. The van der Waals surface area contributed by atoms with E-state index in [1.165, 1.54) is 0 Å². The Morgan fingerprint density at radius 3 is 2.59 bits per heavy atom. The number of aliphatic hydroxyl groups excluding tert-OH is 1. The van der Waals surface area contributed by atoms with Crippen molar-refractivity contribution >= 4 is 23.3 Å². The van der Waals surface area contributed by atoms with Crippen molar-refractivity contribution in [1.29, 1.82) is 0 Å². The van der Waals surface area contributed by atoms with Gasteiger partial charge in [-0.15, -0.1) is 0 Å². The van der Waals surface area contributed by atoms with Gasteiger partial charge in [0.05, 0.1) is 12.4 Å². The zero-order valence-corrected chi connectivity index (χ0v) is 16.1. The van der Waals surface area contributed by atoms with E-state index in [1.807, 2.05) is 30.3 Å². The van der Waals surface area contributed by atoms with Gasteiger partial charge in [0.1, 0.15) is 24.2 Å². The van der Waals surface area contributed by atoms with Gasteiger partial charge in [-0.05, 0) is 41.8 Å². The Bertz CT molecular complexity index is 750. The number of hydrogen-bond donors (Lipinski definition) is 2. The number of aliphatic hydroxyl groups is 1. The molecule has 0 saturated carbocycles. The fourth-order valence-corrected chi connectivity index (χ4v) is 3.15. The van der Waals surface area contributed by atoms with E-state index in [2.05, 4.69) is 5.32 Å². The lowest BCUT2D eigenvalue weighted by Gasteiger charge is -2.15. The van der Waals surface area contributed by atoms with Crippen LogP contribution in [-0.4, -0.2) is 42.6 Å². The van der Waals surface area contributed by atoms with E-state index >= 15 is 0 Å². The highest BCUT2D eigenvalue weighted by molar-refractivity contribution is 8.13. The first-order chi connectivity index (χ1) is 13.1. The Morgan fingerprint density at radius 2 is 1.96 bits per heavy atom. The minimum atomic E-state index is -0.776. The third-order valence-electron chi connectivity index (χ3n) is 3.99. The van der Waals surface area contributed by atoms with Gasteiger partial charge in [-0.2, -0.15) is 0 Å². The molecule has 0 aromatic heterocycles. The van der Waals surface area contributed by atoms with Crippen LogP contribution in [0, 0.1) is 0 Å². The van der Waals surface area contributed by atoms with Gasteiger partial charge < -0.3 is 19.9 Å². The highest BCUT2D eigenvalue weighted by atomic mass is 32.2. The summed E-state index contributed by atoms with van der Waals surface area (Å²) in [5.41, 5.74) is 2.31. The maximum absolute atomic E-state index is 11.8. The first-order valence-electron chi connectivity index (χ1n) is 8.41. The molecule has 0 saturated heterocycles. The first-order valence-corrected chi connectivity index (χ1v) is 9.36. The molecule has 0 bridgehead atoms. The third-order valence-corrected chi connectivity index (χ3v) is 4.81. The number of nitrogens with one attached hydrogen (secondary N) is 1. The molecule has 1 amide bonds. The summed E-state index contributed by atoms with van der Waals surface area (Å²) in [5.74, 6) is 1.10. The lowest BCUT2D eigenvalue weighted by Crippen LogP contribution is -2.31. The van der Waals surface area contributed by atoms with Crippen LogP contribution in [0.25, 0.3) is 0 Å². The zero-order valence-electron chi connectivity index (χ0n) is 15.3. The molecule has 2 unspecified atom stereocenters.